The van der Waals surface area contributed by atoms with E-state index in [1.807, 2.05) is 0 Å². The number of ether oxygens (including phenoxy) is 1. The van der Waals surface area contributed by atoms with Crippen LogP contribution in [0.25, 0.3) is 0 Å². The highest BCUT2D eigenvalue weighted by molar-refractivity contribution is 5.67. The average molecular weight is 113 g/mol. The van der Waals surface area contributed by atoms with Crippen molar-refractivity contribution in [2.75, 3.05) is 7.05 Å². The third kappa shape index (κ3) is 3.04. The quantitative estimate of drug-likeness (QED) is 0.459. The molecular formula is C5H7NO2. The van der Waals surface area contributed by atoms with Gasteiger partial charge in [-0.2, -0.15) is 0 Å². The van der Waals surface area contributed by atoms with Gasteiger partial charge in [0.25, 0.3) is 0 Å². The van der Waals surface area contributed by atoms with E-state index in [1.54, 1.807) is 6.92 Å². The Morgan fingerprint density at radius 1 is 1.75 bits per heavy atom. The Morgan fingerprint density at radius 2 is 2.38 bits per heavy atom. The van der Waals surface area contributed by atoms with Gasteiger partial charge in [0, 0.05) is 14.0 Å². The van der Waals surface area contributed by atoms with Crippen molar-refractivity contribution in [1.82, 2.24) is 5.32 Å². The highest BCUT2D eigenvalue weighted by atomic mass is 16.5. The van der Waals surface area contributed by atoms with Crippen LogP contribution >= 0.6 is 0 Å². The van der Waals surface area contributed by atoms with Crippen molar-refractivity contribution in [3.63, 3.8) is 0 Å². The Bertz CT molecular complexity index is 131. The van der Waals surface area contributed by atoms with E-state index in [9.17, 15) is 4.79 Å². The molecule has 0 bridgehead atoms. The molecule has 0 radical (unpaired) electrons. The van der Waals surface area contributed by atoms with Crippen LogP contribution in [0.1, 0.15) is 6.92 Å². The highest BCUT2D eigenvalue weighted by Gasteiger charge is 1.89. The minimum Gasteiger partial charge on any atom is -0.356 e. The van der Waals surface area contributed by atoms with Crippen molar-refractivity contribution in [3.05, 3.63) is 0 Å². The topological polar surface area (TPSA) is 38.3 Å². The van der Waals surface area contributed by atoms with Crippen LogP contribution in [0.5, 0.6) is 0 Å². The Hall–Kier alpha value is -1.17. The molecule has 0 atom stereocenters. The number of carbonyl (C=O) groups excluding carboxylic acids is 1. The van der Waals surface area contributed by atoms with Crippen molar-refractivity contribution in [3.8, 4) is 12.0 Å². The molecule has 0 aliphatic rings. The number of hydrogen-bond acceptors (Lipinski definition) is 2. The molecule has 0 saturated carbocycles. The summed E-state index contributed by atoms with van der Waals surface area (Å²) in [6.07, 6.45) is 1.61. The van der Waals surface area contributed by atoms with Gasteiger partial charge in [-0.25, -0.2) is 4.79 Å². The molecule has 3 nitrogen and oxygen atoms in total. The molecule has 3 heteroatoms. The number of nitrogens with one attached hydrogen (secondary N) is 1. The van der Waals surface area contributed by atoms with Crippen molar-refractivity contribution >= 4 is 6.09 Å². The van der Waals surface area contributed by atoms with E-state index in [0.29, 0.717) is 0 Å². The molecule has 0 rings (SSSR count). The van der Waals surface area contributed by atoms with Crippen molar-refractivity contribution < 1.29 is 9.53 Å². The molecule has 1 amide bonds. The zero-order valence-corrected chi connectivity index (χ0v) is 4.82. The normalized spacial score (nSPS) is 6.25. The molecule has 1 N–H and O–H groups in total. The maximum atomic E-state index is 10.1. The maximum Gasteiger partial charge on any atom is 0.420 e. The molecule has 0 saturated heterocycles. The molecule has 0 unspecified atom stereocenters. The minimum absolute atomic E-state index is 0.528. The number of carbonyl (C=O) groups is 1. The van der Waals surface area contributed by atoms with E-state index >= 15 is 0 Å². The average Bonchev–Trinajstić information content (AvgIpc) is 1.83. The Labute approximate surface area is 48.0 Å². The van der Waals surface area contributed by atoms with Crippen LogP contribution in [-0.2, 0) is 4.74 Å². The van der Waals surface area contributed by atoms with Gasteiger partial charge in [0.1, 0.15) is 6.11 Å². The predicted molar refractivity (Wildman–Crippen MR) is 29.0 cm³/mol. The fourth-order valence-electron chi connectivity index (χ4n) is 0.148. The van der Waals surface area contributed by atoms with Gasteiger partial charge in [0.2, 0.25) is 0 Å². The largest absolute Gasteiger partial charge is 0.420 e. The fourth-order valence-corrected chi connectivity index (χ4v) is 0.148. The SMILES string of the molecule is CC#COC(=O)NC. The molecule has 0 aromatic rings. The van der Waals surface area contributed by atoms with E-state index in [-0.39, 0.29) is 0 Å². The summed E-state index contributed by atoms with van der Waals surface area (Å²) in [4.78, 5) is 10.1. The predicted octanol–water partition coefficient (Wildman–Crippen LogP) is 0.323. The lowest BCUT2D eigenvalue weighted by Gasteiger charge is -1.89. The van der Waals surface area contributed by atoms with Gasteiger partial charge >= 0.3 is 6.09 Å². The summed E-state index contributed by atoms with van der Waals surface area (Å²) in [6, 6.07) is 0. The molecule has 44 valence electrons. The fraction of sp³-hybridized carbons (Fsp3) is 0.400. The highest BCUT2D eigenvalue weighted by Crippen LogP contribution is 1.68. The molecule has 0 aromatic heterocycles. The molecular weight excluding hydrogens is 106 g/mol. The molecule has 0 aromatic carbocycles. The van der Waals surface area contributed by atoms with E-state index in [4.69, 9.17) is 0 Å². The molecule has 0 heterocycles. The maximum absolute atomic E-state index is 10.1. The monoisotopic (exact) mass is 113 g/mol. The first kappa shape index (κ1) is 6.83. The molecule has 0 fully saturated rings. The number of hydrogen-bond donors (Lipinski definition) is 1. The first-order valence-corrected chi connectivity index (χ1v) is 2.11. The number of rotatable bonds is 0. The van der Waals surface area contributed by atoms with Crippen LogP contribution in [0, 0.1) is 12.0 Å². The molecule has 0 spiro atoms. The first-order chi connectivity index (χ1) is 3.81. The van der Waals surface area contributed by atoms with Crippen molar-refractivity contribution in [1.29, 1.82) is 0 Å². The summed E-state index contributed by atoms with van der Waals surface area (Å²) >= 11 is 0. The van der Waals surface area contributed by atoms with Crippen LogP contribution in [0.2, 0.25) is 0 Å². The van der Waals surface area contributed by atoms with Gasteiger partial charge in [-0.3, -0.25) is 0 Å². The summed E-state index contributed by atoms with van der Waals surface area (Å²) in [7, 11) is 1.47. The minimum atomic E-state index is -0.528. The van der Waals surface area contributed by atoms with Crippen LogP contribution in [0.3, 0.4) is 0 Å². The van der Waals surface area contributed by atoms with Gasteiger partial charge in [-0.05, 0) is 0 Å². The summed E-state index contributed by atoms with van der Waals surface area (Å²) in [6.45, 7) is 1.59. The second-order valence-electron chi connectivity index (χ2n) is 0.992. The third-order valence-electron chi connectivity index (χ3n) is 0.450. The van der Waals surface area contributed by atoms with Gasteiger partial charge in [-0.1, -0.05) is 5.92 Å². The van der Waals surface area contributed by atoms with E-state index < -0.39 is 6.09 Å². The standard InChI is InChI=1S/C5H7NO2/c1-3-4-8-5(7)6-2/h1-2H3,(H,6,7). The lowest BCUT2D eigenvalue weighted by Crippen LogP contribution is -2.16. The lowest BCUT2D eigenvalue weighted by atomic mass is 10.8. The molecule has 0 aliphatic carbocycles. The van der Waals surface area contributed by atoms with Crippen LogP contribution in [0.4, 0.5) is 4.79 Å². The van der Waals surface area contributed by atoms with E-state index in [2.05, 4.69) is 22.1 Å². The Morgan fingerprint density at radius 3 is 2.75 bits per heavy atom. The Balaban J connectivity index is 3.35. The third-order valence-corrected chi connectivity index (χ3v) is 0.450. The van der Waals surface area contributed by atoms with Gasteiger partial charge in [-0.15, -0.1) is 0 Å². The Kier molecular flexibility index (Phi) is 3.42. The second-order valence-corrected chi connectivity index (χ2v) is 0.992. The molecule has 0 aliphatic heterocycles. The summed E-state index contributed by atoms with van der Waals surface area (Å²) < 4.78 is 4.23. The zero-order chi connectivity index (χ0) is 6.41. The summed E-state index contributed by atoms with van der Waals surface area (Å²) in [5.41, 5.74) is 0. The van der Waals surface area contributed by atoms with Gasteiger partial charge in [0.15, 0.2) is 0 Å². The lowest BCUT2D eigenvalue weighted by molar-refractivity contribution is 0.194. The summed E-state index contributed by atoms with van der Waals surface area (Å²) in [5, 5.41) is 2.24. The summed E-state index contributed by atoms with van der Waals surface area (Å²) in [5.74, 6) is 2.40. The van der Waals surface area contributed by atoms with Crippen LogP contribution in [-0.4, -0.2) is 13.1 Å². The van der Waals surface area contributed by atoms with Crippen molar-refractivity contribution in [2.45, 2.75) is 6.92 Å². The van der Waals surface area contributed by atoms with E-state index in [0.717, 1.165) is 0 Å². The van der Waals surface area contributed by atoms with Crippen LogP contribution in [0.15, 0.2) is 0 Å². The number of amides is 1. The van der Waals surface area contributed by atoms with Crippen LogP contribution < -0.4 is 5.32 Å². The smallest absolute Gasteiger partial charge is 0.356 e. The van der Waals surface area contributed by atoms with Gasteiger partial charge < -0.3 is 10.1 Å². The number of alkyl carbamates (subject to hydrolysis) is 1. The second kappa shape index (κ2) is 4.00. The van der Waals surface area contributed by atoms with Crippen molar-refractivity contribution in [2.24, 2.45) is 0 Å². The first-order valence-electron chi connectivity index (χ1n) is 2.11. The molecule has 8 heavy (non-hydrogen) atoms. The van der Waals surface area contributed by atoms with Gasteiger partial charge in [0.05, 0.1) is 0 Å². The zero-order valence-electron chi connectivity index (χ0n) is 4.82. The van der Waals surface area contributed by atoms with E-state index in [1.165, 1.54) is 7.05 Å².